The molecule has 0 aromatic heterocycles. The van der Waals surface area contributed by atoms with Gasteiger partial charge in [-0.1, -0.05) is 17.7 Å². The van der Waals surface area contributed by atoms with Gasteiger partial charge in [-0.05, 0) is 13.0 Å². The highest BCUT2D eigenvalue weighted by molar-refractivity contribution is 5.78. The van der Waals surface area contributed by atoms with Gasteiger partial charge in [-0.25, -0.2) is 0 Å². The number of methoxy groups -OCH3 is 1. The molecule has 92 valence electrons. The second-order valence-corrected chi connectivity index (χ2v) is 4.38. The zero-order valence-corrected chi connectivity index (χ0v) is 10.3. The van der Waals surface area contributed by atoms with Crippen LogP contribution in [0.15, 0.2) is 18.2 Å². The first kappa shape index (κ1) is 11.9. The maximum atomic E-state index is 11.3. The Morgan fingerprint density at radius 1 is 1.47 bits per heavy atom. The molecule has 1 amide bonds. The lowest BCUT2D eigenvalue weighted by Crippen LogP contribution is -2.47. The van der Waals surface area contributed by atoms with Crippen molar-refractivity contribution in [1.29, 1.82) is 0 Å². The number of nitrogens with one attached hydrogen (secondary N) is 1. The number of rotatable bonds is 3. The molecule has 0 bridgehead atoms. The van der Waals surface area contributed by atoms with Crippen molar-refractivity contribution in [1.82, 2.24) is 10.2 Å². The summed E-state index contributed by atoms with van der Waals surface area (Å²) in [6.45, 7) is 4.91. The van der Waals surface area contributed by atoms with Gasteiger partial charge in [0, 0.05) is 25.2 Å². The fourth-order valence-electron chi connectivity index (χ4n) is 2.10. The van der Waals surface area contributed by atoms with Gasteiger partial charge in [-0.2, -0.15) is 0 Å². The lowest BCUT2D eigenvalue weighted by molar-refractivity contribution is -0.124. The summed E-state index contributed by atoms with van der Waals surface area (Å²) in [6.07, 6.45) is 0. The van der Waals surface area contributed by atoms with Crippen molar-refractivity contribution in [3.8, 4) is 5.75 Å². The van der Waals surface area contributed by atoms with Crippen LogP contribution in [0, 0.1) is 6.92 Å². The smallest absolute Gasteiger partial charge is 0.234 e. The Morgan fingerprint density at radius 3 is 3.00 bits per heavy atom. The molecule has 0 atom stereocenters. The Labute approximate surface area is 102 Å². The molecule has 0 saturated carbocycles. The molecular formula is C13H18N2O2. The maximum absolute atomic E-state index is 11.3. The lowest BCUT2D eigenvalue weighted by atomic mass is 10.1. The summed E-state index contributed by atoms with van der Waals surface area (Å²) < 4.78 is 5.34. The minimum Gasteiger partial charge on any atom is -0.496 e. The monoisotopic (exact) mass is 234 g/mol. The summed E-state index contributed by atoms with van der Waals surface area (Å²) in [5, 5.41) is 2.83. The van der Waals surface area contributed by atoms with Crippen LogP contribution in [0.25, 0.3) is 0 Å². The fourth-order valence-corrected chi connectivity index (χ4v) is 2.10. The van der Waals surface area contributed by atoms with Crippen molar-refractivity contribution in [3.05, 3.63) is 29.3 Å². The topological polar surface area (TPSA) is 41.6 Å². The number of benzene rings is 1. The predicted molar refractivity (Wildman–Crippen MR) is 66.0 cm³/mol. The molecule has 1 saturated heterocycles. The van der Waals surface area contributed by atoms with E-state index in [-0.39, 0.29) is 5.91 Å². The van der Waals surface area contributed by atoms with Crippen LogP contribution in [0.4, 0.5) is 0 Å². The van der Waals surface area contributed by atoms with E-state index < -0.39 is 0 Å². The highest BCUT2D eigenvalue weighted by atomic mass is 16.5. The summed E-state index contributed by atoms with van der Waals surface area (Å²) >= 11 is 0. The first-order chi connectivity index (χ1) is 8.19. The fraction of sp³-hybridized carbons (Fsp3) is 0.462. The van der Waals surface area contributed by atoms with Crippen LogP contribution in [0.1, 0.15) is 11.1 Å². The molecule has 2 rings (SSSR count). The second kappa shape index (κ2) is 5.19. The molecule has 1 aromatic carbocycles. The zero-order valence-electron chi connectivity index (χ0n) is 10.3. The summed E-state index contributed by atoms with van der Waals surface area (Å²) in [7, 11) is 1.68. The van der Waals surface area contributed by atoms with Crippen molar-refractivity contribution >= 4 is 5.91 Å². The molecule has 4 heteroatoms. The summed E-state index contributed by atoms with van der Waals surface area (Å²) in [5.41, 5.74) is 2.35. The SMILES string of the molecule is COc1ccc(C)cc1CN1CCNC(=O)C1. The van der Waals surface area contributed by atoms with Crippen LogP contribution >= 0.6 is 0 Å². The number of carbonyl (C=O) groups is 1. The van der Waals surface area contributed by atoms with E-state index in [1.165, 1.54) is 5.56 Å². The van der Waals surface area contributed by atoms with Crippen LogP contribution in [0.3, 0.4) is 0 Å². The highest BCUT2D eigenvalue weighted by Gasteiger charge is 2.17. The van der Waals surface area contributed by atoms with E-state index in [1.807, 2.05) is 12.1 Å². The van der Waals surface area contributed by atoms with Crippen LogP contribution < -0.4 is 10.1 Å². The van der Waals surface area contributed by atoms with Crippen LogP contribution in [0.2, 0.25) is 0 Å². The largest absolute Gasteiger partial charge is 0.496 e. The maximum Gasteiger partial charge on any atom is 0.234 e. The van der Waals surface area contributed by atoms with Gasteiger partial charge in [0.05, 0.1) is 13.7 Å². The van der Waals surface area contributed by atoms with Crippen LogP contribution in [0.5, 0.6) is 5.75 Å². The van der Waals surface area contributed by atoms with Crippen molar-refractivity contribution in [2.75, 3.05) is 26.7 Å². The van der Waals surface area contributed by atoms with E-state index in [0.29, 0.717) is 6.54 Å². The van der Waals surface area contributed by atoms with Gasteiger partial charge in [0.1, 0.15) is 5.75 Å². The van der Waals surface area contributed by atoms with Crippen molar-refractivity contribution in [2.45, 2.75) is 13.5 Å². The highest BCUT2D eigenvalue weighted by Crippen LogP contribution is 2.21. The lowest BCUT2D eigenvalue weighted by Gasteiger charge is -2.27. The number of hydrogen-bond acceptors (Lipinski definition) is 3. The van der Waals surface area contributed by atoms with Crippen molar-refractivity contribution < 1.29 is 9.53 Å². The Hall–Kier alpha value is -1.55. The molecule has 0 unspecified atom stereocenters. The standard InChI is InChI=1S/C13H18N2O2/c1-10-3-4-12(17-2)11(7-10)8-15-6-5-14-13(16)9-15/h3-4,7H,5-6,8-9H2,1-2H3,(H,14,16). The van der Waals surface area contributed by atoms with Gasteiger partial charge in [-0.3, -0.25) is 9.69 Å². The molecule has 0 radical (unpaired) electrons. The van der Waals surface area contributed by atoms with Gasteiger partial charge in [0.15, 0.2) is 0 Å². The second-order valence-electron chi connectivity index (χ2n) is 4.38. The molecule has 0 aliphatic carbocycles. The minimum absolute atomic E-state index is 0.0999. The first-order valence-corrected chi connectivity index (χ1v) is 5.81. The predicted octanol–water partition coefficient (Wildman–Crippen LogP) is 0.935. The molecule has 1 aliphatic heterocycles. The average Bonchev–Trinajstić information content (AvgIpc) is 2.29. The number of carbonyl (C=O) groups excluding carboxylic acids is 1. The first-order valence-electron chi connectivity index (χ1n) is 5.81. The molecule has 1 aliphatic rings. The Kier molecular flexibility index (Phi) is 3.64. The third-order valence-corrected chi connectivity index (χ3v) is 2.95. The molecule has 1 fully saturated rings. The Bertz CT molecular complexity index is 418. The summed E-state index contributed by atoms with van der Waals surface area (Å²) in [5.74, 6) is 0.990. The number of hydrogen-bond donors (Lipinski definition) is 1. The molecule has 0 spiro atoms. The number of aryl methyl sites for hydroxylation is 1. The summed E-state index contributed by atoms with van der Waals surface area (Å²) in [4.78, 5) is 13.4. The van der Waals surface area contributed by atoms with Gasteiger partial charge < -0.3 is 10.1 Å². The molecule has 1 N–H and O–H groups in total. The Balaban J connectivity index is 2.11. The van der Waals surface area contributed by atoms with Gasteiger partial charge in [0.2, 0.25) is 5.91 Å². The molecule has 1 aromatic rings. The number of amides is 1. The molecule has 1 heterocycles. The van der Waals surface area contributed by atoms with E-state index >= 15 is 0 Å². The van der Waals surface area contributed by atoms with Crippen molar-refractivity contribution in [3.63, 3.8) is 0 Å². The quantitative estimate of drug-likeness (QED) is 0.846. The molecular weight excluding hydrogens is 216 g/mol. The van der Waals surface area contributed by atoms with E-state index in [4.69, 9.17) is 4.74 Å². The van der Waals surface area contributed by atoms with E-state index in [2.05, 4.69) is 23.2 Å². The van der Waals surface area contributed by atoms with E-state index in [9.17, 15) is 4.79 Å². The third kappa shape index (κ3) is 2.97. The van der Waals surface area contributed by atoms with Gasteiger partial charge >= 0.3 is 0 Å². The van der Waals surface area contributed by atoms with Gasteiger partial charge in [0.25, 0.3) is 0 Å². The normalized spacial score (nSPS) is 16.7. The summed E-state index contributed by atoms with van der Waals surface area (Å²) in [6, 6.07) is 6.13. The number of piperazine rings is 1. The van der Waals surface area contributed by atoms with E-state index in [0.717, 1.165) is 30.9 Å². The number of nitrogens with zero attached hydrogens (tertiary/aromatic N) is 1. The van der Waals surface area contributed by atoms with Crippen molar-refractivity contribution in [2.24, 2.45) is 0 Å². The average molecular weight is 234 g/mol. The van der Waals surface area contributed by atoms with Crippen LogP contribution in [-0.4, -0.2) is 37.6 Å². The number of ether oxygens (including phenoxy) is 1. The van der Waals surface area contributed by atoms with Crippen LogP contribution in [-0.2, 0) is 11.3 Å². The minimum atomic E-state index is 0.0999. The molecule has 17 heavy (non-hydrogen) atoms. The van der Waals surface area contributed by atoms with E-state index in [1.54, 1.807) is 7.11 Å². The molecule has 4 nitrogen and oxygen atoms in total. The third-order valence-electron chi connectivity index (χ3n) is 2.95. The van der Waals surface area contributed by atoms with Gasteiger partial charge in [-0.15, -0.1) is 0 Å². The Morgan fingerprint density at radius 2 is 2.29 bits per heavy atom. The zero-order chi connectivity index (χ0) is 12.3.